The fourth-order valence-electron chi connectivity index (χ4n) is 3.06. The lowest BCUT2D eigenvalue weighted by molar-refractivity contribution is -0.129. The fraction of sp³-hybridized carbons (Fsp3) is 0.0800. The van der Waals surface area contributed by atoms with Crippen molar-refractivity contribution in [2.45, 2.75) is 0 Å². The molecule has 3 aromatic rings. The third-order valence-electron chi connectivity index (χ3n) is 4.71. The molecule has 1 aliphatic rings. The topological polar surface area (TPSA) is 83.4 Å². The van der Waals surface area contributed by atoms with Gasteiger partial charge >= 0.3 is 11.9 Å². The maximum absolute atomic E-state index is 12.5. The SMILES string of the molecule is COc1ccc(C(=O)Oc2ccc(/C=C3/N=C(c4cccc(Br)c4)OC3=O)cc2OC)cc1. The van der Waals surface area contributed by atoms with E-state index in [1.165, 1.54) is 7.11 Å². The van der Waals surface area contributed by atoms with Crippen LogP contribution < -0.4 is 14.2 Å². The Morgan fingerprint density at radius 3 is 2.45 bits per heavy atom. The maximum atomic E-state index is 12.5. The molecule has 33 heavy (non-hydrogen) atoms. The number of carbonyl (C=O) groups excluding carboxylic acids is 2. The highest BCUT2D eigenvalue weighted by atomic mass is 79.9. The van der Waals surface area contributed by atoms with Crippen LogP contribution in [0, 0.1) is 0 Å². The smallest absolute Gasteiger partial charge is 0.363 e. The van der Waals surface area contributed by atoms with Crippen molar-refractivity contribution < 1.29 is 28.5 Å². The van der Waals surface area contributed by atoms with Crippen LogP contribution in [0.2, 0.25) is 0 Å². The monoisotopic (exact) mass is 507 g/mol. The predicted octanol–water partition coefficient (Wildman–Crippen LogP) is 5.03. The van der Waals surface area contributed by atoms with Crippen LogP contribution in [0.1, 0.15) is 21.5 Å². The Balaban J connectivity index is 1.55. The summed E-state index contributed by atoms with van der Waals surface area (Å²) in [6.45, 7) is 0. The number of hydrogen-bond acceptors (Lipinski definition) is 7. The number of aliphatic imine (C=N–C) groups is 1. The van der Waals surface area contributed by atoms with Gasteiger partial charge in [0.15, 0.2) is 17.2 Å². The van der Waals surface area contributed by atoms with Gasteiger partial charge in [-0.05, 0) is 66.2 Å². The summed E-state index contributed by atoms with van der Waals surface area (Å²) in [5.74, 6) is 0.340. The lowest BCUT2D eigenvalue weighted by atomic mass is 10.1. The number of cyclic esters (lactones) is 1. The van der Waals surface area contributed by atoms with Crippen LogP contribution in [-0.2, 0) is 9.53 Å². The molecule has 0 saturated carbocycles. The lowest BCUT2D eigenvalue weighted by Gasteiger charge is -2.10. The first-order valence-corrected chi connectivity index (χ1v) is 10.6. The quantitative estimate of drug-likeness (QED) is 0.264. The Morgan fingerprint density at radius 2 is 1.76 bits per heavy atom. The largest absolute Gasteiger partial charge is 0.497 e. The Kier molecular flexibility index (Phi) is 6.55. The highest BCUT2D eigenvalue weighted by Gasteiger charge is 2.24. The molecule has 4 rings (SSSR count). The van der Waals surface area contributed by atoms with Crippen molar-refractivity contribution in [3.63, 3.8) is 0 Å². The Hall–Kier alpha value is -3.91. The van der Waals surface area contributed by atoms with Crippen molar-refractivity contribution in [3.8, 4) is 17.2 Å². The van der Waals surface area contributed by atoms with E-state index in [1.807, 2.05) is 18.2 Å². The summed E-state index contributed by atoms with van der Waals surface area (Å²) < 4.78 is 22.1. The summed E-state index contributed by atoms with van der Waals surface area (Å²) >= 11 is 3.39. The van der Waals surface area contributed by atoms with Crippen molar-refractivity contribution in [2.24, 2.45) is 4.99 Å². The van der Waals surface area contributed by atoms with Gasteiger partial charge in [-0.25, -0.2) is 14.6 Å². The van der Waals surface area contributed by atoms with Gasteiger partial charge in [0.05, 0.1) is 19.8 Å². The summed E-state index contributed by atoms with van der Waals surface area (Å²) in [4.78, 5) is 29.1. The zero-order valence-electron chi connectivity index (χ0n) is 17.7. The number of ether oxygens (including phenoxy) is 4. The van der Waals surface area contributed by atoms with Crippen LogP contribution in [0.4, 0.5) is 0 Å². The summed E-state index contributed by atoms with van der Waals surface area (Å²) in [6.07, 6.45) is 1.57. The number of nitrogens with zero attached hydrogens (tertiary/aromatic N) is 1. The van der Waals surface area contributed by atoms with Gasteiger partial charge in [-0.3, -0.25) is 0 Å². The lowest BCUT2D eigenvalue weighted by Crippen LogP contribution is -2.09. The Morgan fingerprint density at radius 1 is 0.970 bits per heavy atom. The van der Waals surface area contributed by atoms with Crippen LogP contribution in [-0.4, -0.2) is 32.1 Å². The van der Waals surface area contributed by atoms with E-state index in [2.05, 4.69) is 20.9 Å². The third-order valence-corrected chi connectivity index (χ3v) is 5.20. The third kappa shape index (κ3) is 5.12. The van der Waals surface area contributed by atoms with Crippen LogP contribution in [0.15, 0.2) is 81.9 Å². The molecule has 8 heteroatoms. The van der Waals surface area contributed by atoms with Gasteiger partial charge in [0.1, 0.15) is 5.75 Å². The second-order valence-electron chi connectivity index (χ2n) is 6.87. The molecule has 0 spiro atoms. The molecular formula is C25H18BrNO6. The summed E-state index contributed by atoms with van der Waals surface area (Å²) in [6, 6.07) is 18.8. The summed E-state index contributed by atoms with van der Waals surface area (Å²) in [5.41, 5.74) is 1.82. The second-order valence-corrected chi connectivity index (χ2v) is 7.79. The maximum Gasteiger partial charge on any atom is 0.363 e. The normalized spacial score (nSPS) is 14.0. The molecule has 0 aromatic heterocycles. The Labute approximate surface area is 198 Å². The molecule has 0 atom stereocenters. The van der Waals surface area contributed by atoms with Gasteiger partial charge in [0.2, 0.25) is 5.90 Å². The first-order valence-electron chi connectivity index (χ1n) is 9.79. The van der Waals surface area contributed by atoms with Gasteiger partial charge in [0.25, 0.3) is 0 Å². The predicted molar refractivity (Wildman–Crippen MR) is 126 cm³/mol. The minimum atomic E-state index is -0.557. The average Bonchev–Trinajstić information content (AvgIpc) is 3.20. The first-order chi connectivity index (χ1) is 16.0. The molecule has 3 aromatic carbocycles. The van der Waals surface area contributed by atoms with E-state index in [9.17, 15) is 9.59 Å². The molecule has 1 aliphatic heterocycles. The first kappa shape index (κ1) is 22.3. The molecule has 0 aliphatic carbocycles. The average molecular weight is 508 g/mol. The van der Waals surface area contributed by atoms with E-state index in [4.69, 9.17) is 18.9 Å². The van der Waals surface area contributed by atoms with E-state index < -0.39 is 11.9 Å². The van der Waals surface area contributed by atoms with Gasteiger partial charge < -0.3 is 18.9 Å². The van der Waals surface area contributed by atoms with Gasteiger partial charge in [-0.1, -0.05) is 28.1 Å². The van der Waals surface area contributed by atoms with Gasteiger partial charge in [-0.15, -0.1) is 0 Å². The van der Waals surface area contributed by atoms with E-state index in [1.54, 1.807) is 61.7 Å². The second kappa shape index (κ2) is 9.70. The van der Waals surface area contributed by atoms with Crippen molar-refractivity contribution in [2.75, 3.05) is 14.2 Å². The molecular weight excluding hydrogens is 490 g/mol. The van der Waals surface area contributed by atoms with Crippen LogP contribution >= 0.6 is 15.9 Å². The number of esters is 2. The van der Waals surface area contributed by atoms with E-state index in [0.717, 1.165) is 4.47 Å². The number of carbonyl (C=O) groups is 2. The fourth-order valence-corrected chi connectivity index (χ4v) is 3.46. The molecule has 1 heterocycles. The van der Waals surface area contributed by atoms with Crippen LogP contribution in [0.5, 0.6) is 17.2 Å². The number of methoxy groups -OCH3 is 2. The van der Waals surface area contributed by atoms with Crippen molar-refractivity contribution in [1.29, 1.82) is 0 Å². The zero-order chi connectivity index (χ0) is 23.4. The molecule has 0 fully saturated rings. The minimum absolute atomic E-state index is 0.148. The molecule has 0 amide bonds. The standard InChI is InChI=1S/C25H18BrNO6/c1-30-19-9-7-16(8-10-19)24(28)32-21-11-6-15(13-22(21)31-2)12-20-25(29)33-23(27-20)17-4-3-5-18(26)14-17/h3-14H,1-2H3/b20-12+. The highest BCUT2D eigenvalue weighted by molar-refractivity contribution is 9.10. The van der Waals surface area contributed by atoms with Crippen molar-refractivity contribution in [1.82, 2.24) is 0 Å². The summed E-state index contributed by atoms with van der Waals surface area (Å²) in [7, 11) is 3.01. The van der Waals surface area contributed by atoms with E-state index in [0.29, 0.717) is 28.2 Å². The molecule has 0 radical (unpaired) electrons. The molecule has 0 N–H and O–H groups in total. The number of benzene rings is 3. The van der Waals surface area contributed by atoms with Crippen molar-refractivity contribution in [3.05, 3.63) is 93.6 Å². The van der Waals surface area contributed by atoms with Crippen molar-refractivity contribution >= 4 is 39.8 Å². The molecule has 0 unspecified atom stereocenters. The molecule has 166 valence electrons. The number of hydrogen-bond donors (Lipinski definition) is 0. The summed E-state index contributed by atoms with van der Waals surface area (Å²) in [5, 5.41) is 0. The Bertz CT molecular complexity index is 1280. The molecule has 7 nitrogen and oxygen atoms in total. The van der Waals surface area contributed by atoms with Crippen LogP contribution in [0.25, 0.3) is 6.08 Å². The number of halogens is 1. The van der Waals surface area contributed by atoms with E-state index >= 15 is 0 Å². The van der Waals surface area contributed by atoms with Gasteiger partial charge in [0, 0.05) is 10.0 Å². The van der Waals surface area contributed by atoms with Crippen LogP contribution in [0.3, 0.4) is 0 Å². The molecule has 0 bridgehead atoms. The minimum Gasteiger partial charge on any atom is -0.497 e. The number of rotatable bonds is 6. The van der Waals surface area contributed by atoms with E-state index in [-0.39, 0.29) is 17.3 Å². The highest BCUT2D eigenvalue weighted by Crippen LogP contribution is 2.31. The molecule has 0 saturated heterocycles. The zero-order valence-corrected chi connectivity index (χ0v) is 19.3. The van der Waals surface area contributed by atoms with Gasteiger partial charge in [-0.2, -0.15) is 0 Å².